The monoisotopic (exact) mass is 467 g/mol. The van der Waals surface area contributed by atoms with Gasteiger partial charge in [-0.3, -0.25) is 4.79 Å². The quantitative estimate of drug-likeness (QED) is 0.507. The lowest BCUT2D eigenvalue weighted by Gasteiger charge is -2.06. The molecule has 3 rings (SSSR count). The van der Waals surface area contributed by atoms with Gasteiger partial charge in [-0.2, -0.15) is 0 Å². The lowest BCUT2D eigenvalue weighted by molar-refractivity contribution is -0.117. The van der Waals surface area contributed by atoms with Crippen molar-refractivity contribution < 1.29 is 13.9 Å². The third-order valence-corrected chi connectivity index (χ3v) is 5.00. The van der Waals surface area contributed by atoms with Gasteiger partial charge in [0.2, 0.25) is 5.91 Å². The Kier molecular flexibility index (Phi) is 6.30. The molecule has 3 aromatic rings. The van der Waals surface area contributed by atoms with E-state index in [0.29, 0.717) is 26.8 Å². The van der Waals surface area contributed by atoms with Gasteiger partial charge >= 0.3 is 0 Å². The highest BCUT2D eigenvalue weighted by molar-refractivity contribution is 9.10. The molecule has 1 heterocycles. The molecular weight excluding hydrogens is 454 g/mol. The lowest BCUT2D eigenvalue weighted by atomic mass is 10.2. The average molecular weight is 469 g/mol. The van der Waals surface area contributed by atoms with Crippen LogP contribution in [0.1, 0.15) is 11.5 Å². The van der Waals surface area contributed by atoms with Gasteiger partial charge in [0, 0.05) is 10.2 Å². The van der Waals surface area contributed by atoms with Crippen LogP contribution in [0.4, 0.5) is 5.69 Å². The summed E-state index contributed by atoms with van der Waals surface area (Å²) in [4.78, 5) is 12.3. The van der Waals surface area contributed by atoms with Crippen molar-refractivity contribution in [1.29, 1.82) is 0 Å². The number of rotatable bonds is 6. The summed E-state index contributed by atoms with van der Waals surface area (Å²) in [6, 6.07) is 12.7. The van der Waals surface area contributed by atoms with Crippen LogP contribution < -0.4 is 10.1 Å². The van der Waals surface area contributed by atoms with Crippen LogP contribution in [0.25, 0.3) is 0 Å². The van der Waals surface area contributed by atoms with E-state index >= 15 is 0 Å². The van der Waals surface area contributed by atoms with Crippen LogP contribution >= 0.6 is 39.7 Å². The Hall–Kier alpha value is -2.16. The molecule has 0 spiro atoms. The Bertz CT molecular complexity index is 1030. The molecule has 1 amide bonds. The van der Waals surface area contributed by atoms with Crippen molar-refractivity contribution in [1.82, 2.24) is 9.78 Å². The second-order valence-electron chi connectivity index (χ2n) is 5.70. The number of nitrogens with one attached hydrogen (secondary N) is 1. The molecule has 0 fully saturated rings. The average Bonchev–Trinajstić information content (AvgIpc) is 2.96. The summed E-state index contributed by atoms with van der Waals surface area (Å²) in [7, 11) is 0. The van der Waals surface area contributed by atoms with Gasteiger partial charge in [0.1, 0.15) is 12.3 Å². The molecule has 0 saturated carbocycles. The molecule has 27 heavy (non-hydrogen) atoms. The van der Waals surface area contributed by atoms with Crippen molar-refractivity contribution in [3.8, 4) is 5.75 Å². The predicted octanol–water partition coefficient (Wildman–Crippen LogP) is 5.15. The molecule has 0 unspecified atom stereocenters. The van der Waals surface area contributed by atoms with Crippen LogP contribution in [0.3, 0.4) is 0 Å². The number of hydrogen-bond donors (Lipinski definition) is 1. The minimum Gasteiger partial charge on any atom is -0.484 e. The Morgan fingerprint density at radius 1 is 1.37 bits per heavy atom. The number of halogens is 2. The topological polar surface area (TPSA) is 69.3 Å². The first-order valence-electron chi connectivity index (χ1n) is 7.92. The van der Waals surface area contributed by atoms with E-state index in [2.05, 4.69) is 26.3 Å². The highest BCUT2D eigenvalue weighted by atomic mass is 79.9. The van der Waals surface area contributed by atoms with E-state index in [4.69, 9.17) is 33.0 Å². The molecule has 9 heteroatoms. The van der Waals surface area contributed by atoms with Gasteiger partial charge in [-0.15, -0.1) is 5.10 Å². The third kappa shape index (κ3) is 5.41. The van der Waals surface area contributed by atoms with Crippen LogP contribution in [0.5, 0.6) is 5.75 Å². The van der Waals surface area contributed by atoms with E-state index in [1.807, 2.05) is 31.2 Å². The maximum Gasteiger partial charge on any atom is 0.287 e. The summed E-state index contributed by atoms with van der Waals surface area (Å²) in [6.45, 7) is 2.02. The zero-order valence-electron chi connectivity index (χ0n) is 14.2. The zero-order chi connectivity index (χ0) is 19.4. The van der Waals surface area contributed by atoms with Crippen molar-refractivity contribution in [3.63, 3.8) is 0 Å². The van der Waals surface area contributed by atoms with Crippen molar-refractivity contribution in [2.75, 3.05) is 5.32 Å². The number of anilines is 1. The Balaban J connectivity index is 1.61. The number of aromatic nitrogens is 2. The first-order chi connectivity index (χ1) is 12.9. The van der Waals surface area contributed by atoms with E-state index in [0.717, 1.165) is 5.56 Å². The Labute approximate surface area is 174 Å². The number of nitrogens with zero attached hydrogens (tertiary/aromatic N) is 2. The van der Waals surface area contributed by atoms with Gasteiger partial charge < -0.3 is 14.5 Å². The Morgan fingerprint density at radius 3 is 2.93 bits per heavy atom. The fourth-order valence-corrected chi connectivity index (χ4v) is 2.97. The molecule has 1 N–H and O–H groups in total. The molecule has 2 aromatic carbocycles. The van der Waals surface area contributed by atoms with Gasteiger partial charge in [-0.05, 0) is 71.0 Å². The molecule has 0 radical (unpaired) electrons. The number of carbonyl (C=O) groups is 1. The molecular formula is C18H15BrClN3O3S. The van der Waals surface area contributed by atoms with Crippen molar-refractivity contribution in [2.45, 2.75) is 20.1 Å². The third-order valence-electron chi connectivity index (χ3n) is 3.50. The summed E-state index contributed by atoms with van der Waals surface area (Å²) in [5.41, 5.74) is 1.69. The van der Waals surface area contributed by atoms with Crippen molar-refractivity contribution >= 4 is 51.3 Å². The van der Waals surface area contributed by atoms with Crippen LogP contribution in [0, 0.1) is 11.8 Å². The summed E-state index contributed by atoms with van der Waals surface area (Å²) < 4.78 is 13.0. The second-order valence-corrected chi connectivity index (χ2v) is 7.31. The number of ether oxygens (including phenoxy) is 1. The molecule has 0 aliphatic rings. The fourth-order valence-electron chi connectivity index (χ4n) is 2.27. The highest BCUT2D eigenvalue weighted by Crippen LogP contribution is 2.25. The minimum atomic E-state index is -0.292. The minimum absolute atomic E-state index is 0.0764. The van der Waals surface area contributed by atoms with E-state index in [1.165, 1.54) is 4.68 Å². The van der Waals surface area contributed by atoms with E-state index in [-0.39, 0.29) is 23.9 Å². The van der Waals surface area contributed by atoms with E-state index in [1.54, 1.807) is 18.2 Å². The largest absolute Gasteiger partial charge is 0.484 e. The van der Waals surface area contributed by atoms with Crippen molar-refractivity contribution in [3.05, 3.63) is 68.3 Å². The number of aryl methyl sites for hydroxylation is 1. The summed E-state index contributed by atoms with van der Waals surface area (Å²) >= 11 is 14.4. The maximum atomic E-state index is 12.2. The molecule has 0 atom stereocenters. The highest BCUT2D eigenvalue weighted by Gasteiger charge is 2.11. The molecule has 140 valence electrons. The summed E-state index contributed by atoms with van der Waals surface area (Å²) in [5, 5.41) is 7.50. The van der Waals surface area contributed by atoms with Gasteiger partial charge in [-0.1, -0.05) is 23.7 Å². The van der Waals surface area contributed by atoms with Gasteiger partial charge in [0.15, 0.2) is 6.61 Å². The lowest BCUT2D eigenvalue weighted by Crippen LogP contribution is -2.19. The summed E-state index contributed by atoms with van der Waals surface area (Å²) in [5.74, 6) is 0.708. The molecule has 0 aliphatic heterocycles. The standard InChI is InChI=1S/C18H15BrClN3O3S/c1-11-3-2-4-13(7-11)25-10-17-22-23(18(27)26-17)9-16(24)21-12-5-6-15(20)14(19)8-12/h2-8H,9-10H2,1H3,(H,21,24). The number of carbonyl (C=O) groups excluding carboxylic acids is 1. The smallest absolute Gasteiger partial charge is 0.287 e. The fraction of sp³-hybridized carbons (Fsp3) is 0.167. The Morgan fingerprint density at radius 2 is 2.19 bits per heavy atom. The summed E-state index contributed by atoms with van der Waals surface area (Å²) in [6.07, 6.45) is 0. The van der Waals surface area contributed by atoms with Crippen LogP contribution in [-0.4, -0.2) is 15.7 Å². The predicted molar refractivity (Wildman–Crippen MR) is 109 cm³/mol. The number of amides is 1. The first kappa shape index (κ1) is 19.6. The van der Waals surface area contributed by atoms with Crippen LogP contribution in [0.2, 0.25) is 5.02 Å². The van der Waals surface area contributed by atoms with E-state index in [9.17, 15) is 4.79 Å². The van der Waals surface area contributed by atoms with Gasteiger partial charge in [0.25, 0.3) is 10.7 Å². The molecule has 6 nitrogen and oxygen atoms in total. The normalized spacial score (nSPS) is 10.6. The SMILES string of the molecule is Cc1cccc(OCc2nn(CC(=O)Nc3ccc(Cl)c(Br)c3)c(=S)o2)c1. The zero-order valence-corrected chi connectivity index (χ0v) is 17.4. The number of benzene rings is 2. The molecule has 1 aromatic heterocycles. The molecule has 0 saturated heterocycles. The van der Waals surface area contributed by atoms with Crippen LogP contribution in [0.15, 0.2) is 51.4 Å². The van der Waals surface area contributed by atoms with Gasteiger partial charge in [-0.25, -0.2) is 4.68 Å². The maximum absolute atomic E-state index is 12.2. The van der Waals surface area contributed by atoms with Crippen LogP contribution in [-0.2, 0) is 17.9 Å². The molecule has 0 aliphatic carbocycles. The second kappa shape index (κ2) is 8.69. The number of hydrogen-bond acceptors (Lipinski definition) is 5. The van der Waals surface area contributed by atoms with Crippen molar-refractivity contribution in [2.24, 2.45) is 0 Å². The molecule has 0 bridgehead atoms. The van der Waals surface area contributed by atoms with Gasteiger partial charge in [0.05, 0.1) is 5.02 Å². The first-order valence-corrected chi connectivity index (χ1v) is 9.50. The van der Waals surface area contributed by atoms with E-state index < -0.39 is 0 Å².